The standard InChI is InChI=1S/C24H27N3O2S2/c1-24(2,13-28)12-25-16-7-8-18-20(10-16)31-22-21(18)23(29)27(14-26-22)11-17-9-15-5-3-4-6-19(15)30-17/h3-6,9,14,16,25,28H,7-8,10-13H2,1-2H3. The van der Waals surface area contributed by atoms with Crippen molar-refractivity contribution < 1.29 is 5.11 Å². The normalized spacial score (nSPS) is 16.8. The number of hydrogen-bond donors (Lipinski definition) is 2. The van der Waals surface area contributed by atoms with Crippen LogP contribution in [0.1, 0.15) is 35.6 Å². The Kier molecular flexibility index (Phi) is 5.46. The molecule has 0 amide bonds. The lowest BCUT2D eigenvalue weighted by atomic mass is 9.90. The summed E-state index contributed by atoms with van der Waals surface area (Å²) in [5.74, 6) is 0. The first-order valence-corrected chi connectivity index (χ1v) is 12.4. The summed E-state index contributed by atoms with van der Waals surface area (Å²) in [6, 6.07) is 10.9. The number of rotatable bonds is 6. The molecule has 31 heavy (non-hydrogen) atoms. The highest BCUT2D eigenvalue weighted by Crippen LogP contribution is 2.34. The van der Waals surface area contributed by atoms with Gasteiger partial charge in [-0.05, 0) is 42.3 Å². The van der Waals surface area contributed by atoms with Crippen LogP contribution in [0.15, 0.2) is 41.5 Å². The molecule has 2 N–H and O–H groups in total. The molecule has 7 heteroatoms. The van der Waals surface area contributed by atoms with Gasteiger partial charge in [-0.1, -0.05) is 32.0 Å². The fourth-order valence-corrected chi connectivity index (χ4v) is 6.57. The molecule has 3 heterocycles. The minimum atomic E-state index is -0.123. The fourth-order valence-electron chi connectivity index (χ4n) is 4.25. The van der Waals surface area contributed by atoms with E-state index in [1.807, 2.05) is 12.1 Å². The maximum Gasteiger partial charge on any atom is 0.262 e. The molecular weight excluding hydrogens is 426 g/mol. The van der Waals surface area contributed by atoms with E-state index in [0.717, 1.165) is 36.0 Å². The summed E-state index contributed by atoms with van der Waals surface area (Å²) in [5, 5.41) is 15.2. The summed E-state index contributed by atoms with van der Waals surface area (Å²) in [7, 11) is 0. The van der Waals surface area contributed by atoms with Crippen molar-refractivity contribution in [3.8, 4) is 0 Å². The van der Waals surface area contributed by atoms with Crippen LogP contribution in [0.5, 0.6) is 0 Å². The average Bonchev–Trinajstić information content (AvgIpc) is 3.34. The number of aliphatic hydroxyl groups excluding tert-OH is 1. The number of thiophene rings is 2. The average molecular weight is 454 g/mol. The molecule has 0 aliphatic heterocycles. The highest BCUT2D eigenvalue weighted by Gasteiger charge is 2.26. The number of nitrogens with zero attached hydrogens (tertiary/aromatic N) is 2. The summed E-state index contributed by atoms with van der Waals surface area (Å²) >= 11 is 3.40. The van der Waals surface area contributed by atoms with E-state index in [4.69, 9.17) is 0 Å². The van der Waals surface area contributed by atoms with Crippen LogP contribution in [-0.4, -0.2) is 33.9 Å². The van der Waals surface area contributed by atoms with E-state index < -0.39 is 0 Å². The fraction of sp³-hybridized carbons (Fsp3) is 0.417. The first kappa shape index (κ1) is 20.8. The molecule has 5 nitrogen and oxygen atoms in total. The summed E-state index contributed by atoms with van der Waals surface area (Å²) in [6.45, 7) is 5.65. The second-order valence-electron chi connectivity index (χ2n) is 9.26. The van der Waals surface area contributed by atoms with Crippen molar-refractivity contribution in [1.29, 1.82) is 0 Å². The zero-order valence-corrected chi connectivity index (χ0v) is 19.5. The molecule has 0 radical (unpaired) electrons. The van der Waals surface area contributed by atoms with Gasteiger partial charge in [-0.25, -0.2) is 4.98 Å². The lowest BCUT2D eigenvalue weighted by Crippen LogP contribution is -2.41. The van der Waals surface area contributed by atoms with Crippen molar-refractivity contribution in [1.82, 2.24) is 14.9 Å². The smallest absolute Gasteiger partial charge is 0.262 e. The SMILES string of the molecule is CC(C)(CO)CNC1CCc2c(sc3ncn(Cc4cc5ccccc5s4)c(=O)c23)C1. The van der Waals surface area contributed by atoms with Crippen LogP contribution in [-0.2, 0) is 19.4 Å². The van der Waals surface area contributed by atoms with Crippen molar-refractivity contribution in [3.63, 3.8) is 0 Å². The van der Waals surface area contributed by atoms with Gasteiger partial charge in [-0.3, -0.25) is 9.36 Å². The van der Waals surface area contributed by atoms with Gasteiger partial charge in [-0.15, -0.1) is 22.7 Å². The van der Waals surface area contributed by atoms with Gasteiger partial charge in [0.25, 0.3) is 5.56 Å². The van der Waals surface area contributed by atoms with E-state index in [-0.39, 0.29) is 17.6 Å². The largest absolute Gasteiger partial charge is 0.396 e. The van der Waals surface area contributed by atoms with Crippen LogP contribution >= 0.6 is 22.7 Å². The molecule has 162 valence electrons. The first-order chi connectivity index (χ1) is 14.9. The number of fused-ring (bicyclic) bond motifs is 4. The number of aromatic nitrogens is 2. The minimum absolute atomic E-state index is 0.0766. The van der Waals surface area contributed by atoms with Gasteiger partial charge in [0.2, 0.25) is 0 Å². The van der Waals surface area contributed by atoms with E-state index in [0.29, 0.717) is 12.6 Å². The Hall–Kier alpha value is -2.06. The predicted octanol–water partition coefficient (Wildman–Crippen LogP) is 4.19. The first-order valence-electron chi connectivity index (χ1n) is 10.7. The lowest BCUT2D eigenvalue weighted by Gasteiger charge is -2.28. The number of nitrogens with one attached hydrogen (secondary N) is 1. The topological polar surface area (TPSA) is 67.2 Å². The Balaban J connectivity index is 1.40. The molecule has 1 aliphatic rings. The van der Waals surface area contributed by atoms with Gasteiger partial charge < -0.3 is 10.4 Å². The second kappa shape index (κ2) is 8.13. The van der Waals surface area contributed by atoms with Crippen LogP contribution in [0.2, 0.25) is 0 Å². The highest BCUT2D eigenvalue weighted by molar-refractivity contribution is 7.19. The van der Waals surface area contributed by atoms with Crippen LogP contribution in [0.25, 0.3) is 20.3 Å². The molecule has 1 aromatic carbocycles. The van der Waals surface area contributed by atoms with Gasteiger partial charge >= 0.3 is 0 Å². The monoisotopic (exact) mass is 453 g/mol. The third-order valence-corrected chi connectivity index (χ3v) is 8.40. The van der Waals surface area contributed by atoms with E-state index >= 15 is 0 Å². The molecule has 0 fully saturated rings. The predicted molar refractivity (Wildman–Crippen MR) is 129 cm³/mol. The van der Waals surface area contributed by atoms with Crippen molar-refractivity contribution in [2.45, 2.75) is 45.7 Å². The van der Waals surface area contributed by atoms with Crippen molar-refractivity contribution in [2.24, 2.45) is 5.41 Å². The summed E-state index contributed by atoms with van der Waals surface area (Å²) in [6.07, 6.45) is 4.53. The molecular formula is C24H27N3O2S2. The van der Waals surface area contributed by atoms with Crippen LogP contribution in [0.4, 0.5) is 0 Å². The Morgan fingerprint density at radius 1 is 1.29 bits per heavy atom. The van der Waals surface area contributed by atoms with E-state index in [2.05, 4.69) is 42.3 Å². The second-order valence-corrected chi connectivity index (χ2v) is 11.5. The zero-order valence-electron chi connectivity index (χ0n) is 17.9. The molecule has 1 unspecified atom stereocenters. The van der Waals surface area contributed by atoms with Gasteiger partial charge in [0.1, 0.15) is 4.83 Å². The van der Waals surface area contributed by atoms with Gasteiger partial charge in [0, 0.05) is 39.1 Å². The van der Waals surface area contributed by atoms with E-state index in [9.17, 15) is 9.90 Å². The lowest BCUT2D eigenvalue weighted by molar-refractivity contribution is 0.152. The Labute approximate surface area is 189 Å². The van der Waals surface area contributed by atoms with Crippen molar-refractivity contribution in [3.05, 3.63) is 62.3 Å². The molecule has 0 bridgehead atoms. The summed E-state index contributed by atoms with van der Waals surface area (Å²) in [4.78, 5) is 21.3. The minimum Gasteiger partial charge on any atom is -0.396 e. The van der Waals surface area contributed by atoms with E-state index in [1.54, 1.807) is 33.6 Å². The molecule has 0 spiro atoms. The number of aryl methyl sites for hydroxylation is 1. The van der Waals surface area contributed by atoms with Crippen molar-refractivity contribution >= 4 is 43.0 Å². The molecule has 0 saturated heterocycles. The third-order valence-electron chi connectivity index (χ3n) is 6.14. The summed E-state index contributed by atoms with van der Waals surface area (Å²) in [5.41, 5.74) is 1.15. The number of aliphatic hydroxyl groups is 1. The van der Waals surface area contributed by atoms with Gasteiger partial charge in [-0.2, -0.15) is 0 Å². The molecule has 1 atom stereocenters. The molecule has 1 aliphatic carbocycles. The molecule has 5 rings (SSSR count). The third kappa shape index (κ3) is 4.07. The molecule has 4 aromatic rings. The maximum atomic E-state index is 13.3. The summed E-state index contributed by atoms with van der Waals surface area (Å²) < 4.78 is 3.00. The molecule has 3 aromatic heterocycles. The van der Waals surface area contributed by atoms with Gasteiger partial charge in [0.05, 0.1) is 18.3 Å². The van der Waals surface area contributed by atoms with Crippen molar-refractivity contribution in [2.75, 3.05) is 13.2 Å². The van der Waals surface area contributed by atoms with Crippen LogP contribution in [0.3, 0.4) is 0 Å². The van der Waals surface area contributed by atoms with Gasteiger partial charge in [0.15, 0.2) is 0 Å². The number of benzene rings is 1. The van der Waals surface area contributed by atoms with Crippen LogP contribution in [0, 0.1) is 5.41 Å². The maximum absolute atomic E-state index is 13.3. The van der Waals surface area contributed by atoms with Crippen LogP contribution < -0.4 is 10.9 Å². The quantitative estimate of drug-likeness (QED) is 0.459. The Morgan fingerprint density at radius 2 is 2.13 bits per heavy atom. The number of hydrogen-bond acceptors (Lipinski definition) is 6. The zero-order chi connectivity index (χ0) is 21.6. The van der Waals surface area contributed by atoms with E-state index in [1.165, 1.54) is 25.4 Å². The molecule has 0 saturated carbocycles. The Bertz CT molecular complexity index is 1270. The highest BCUT2D eigenvalue weighted by atomic mass is 32.1. The Morgan fingerprint density at radius 3 is 2.94 bits per heavy atom.